The van der Waals surface area contributed by atoms with Crippen molar-refractivity contribution in [1.82, 2.24) is 9.88 Å². The first kappa shape index (κ1) is 13.4. The number of hydrogen-bond donors (Lipinski definition) is 2. The van der Waals surface area contributed by atoms with Gasteiger partial charge in [0.1, 0.15) is 11.9 Å². The summed E-state index contributed by atoms with van der Waals surface area (Å²) in [7, 11) is 3.96. The van der Waals surface area contributed by atoms with Gasteiger partial charge in [0.25, 0.3) is 0 Å². The molecule has 1 aromatic heterocycles. The van der Waals surface area contributed by atoms with Gasteiger partial charge in [-0.2, -0.15) is 0 Å². The van der Waals surface area contributed by atoms with Crippen molar-refractivity contribution >= 4 is 5.84 Å². The van der Waals surface area contributed by atoms with E-state index >= 15 is 0 Å². The van der Waals surface area contributed by atoms with Crippen LogP contribution >= 0.6 is 0 Å². The van der Waals surface area contributed by atoms with E-state index in [0.29, 0.717) is 11.4 Å². The van der Waals surface area contributed by atoms with E-state index in [9.17, 15) is 0 Å². The Bertz CT molecular complexity index is 403. The van der Waals surface area contributed by atoms with Crippen LogP contribution in [0.25, 0.3) is 0 Å². The number of hydrogen-bond acceptors (Lipinski definition) is 4. The number of pyridine rings is 1. The zero-order valence-electron chi connectivity index (χ0n) is 10.8. The van der Waals surface area contributed by atoms with Gasteiger partial charge in [-0.3, -0.25) is 5.41 Å². The Hall–Kier alpha value is -1.62. The van der Waals surface area contributed by atoms with Crippen LogP contribution in [0.15, 0.2) is 12.3 Å². The fraction of sp³-hybridized carbons (Fsp3) is 0.500. The molecule has 0 saturated heterocycles. The number of amidine groups is 1. The van der Waals surface area contributed by atoms with Crippen molar-refractivity contribution in [2.45, 2.75) is 20.0 Å². The summed E-state index contributed by atoms with van der Waals surface area (Å²) in [6.07, 6.45) is 1.66. The lowest BCUT2D eigenvalue weighted by Crippen LogP contribution is -2.29. The van der Waals surface area contributed by atoms with E-state index in [1.807, 2.05) is 38.9 Å². The van der Waals surface area contributed by atoms with Crippen LogP contribution in [0.4, 0.5) is 0 Å². The highest BCUT2D eigenvalue weighted by Gasteiger charge is 2.14. The third-order valence-corrected chi connectivity index (χ3v) is 2.33. The lowest BCUT2D eigenvalue weighted by Gasteiger charge is -2.20. The fourth-order valence-corrected chi connectivity index (χ4v) is 1.69. The number of ether oxygens (including phenoxy) is 1. The van der Waals surface area contributed by atoms with Crippen molar-refractivity contribution in [3.63, 3.8) is 0 Å². The van der Waals surface area contributed by atoms with Crippen molar-refractivity contribution in [2.24, 2.45) is 5.73 Å². The first-order chi connectivity index (χ1) is 7.91. The van der Waals surface area contributed by atoms with E-state index in [1.54, 1.807) is 6.20 Å². The molecule has 0 fully saturated rings. The number of aryl methyl sites for hydroxylation is 1. The van der Waals surface area contributed by atoms with Gasteiger partial charge >= 0.3 is 0 Å². The standard InChI is InChI=1S/C12H20N4O/c1-8-5-6-15-12(10(8)11(13)14)17-9(2)7-16(3)4/h5-6,9H,7H2,1-4H3,(H3,13,14). The molecule has 17 heavy (non-hydrogen) atoms. The molecule has 0 amide bonds. The molecule has 1 aromatic rings. The van der Waals surface area contributed by atoms with Gasteiger partial charge in [0.2, 0.25) is 5.88 Å². The summed E-state index contributed by atoms with van der Waals surface area (Å²) in [6, 6.07) is 1.82. The highest BCUT2D eigenvalue weighted by atomic mass is 16.5. The Kier molecular flexibility index (Phi) is 4.45. The lowest BCUT2D eigenvalue weighted by molar-refractivity contribution is 0.170. The predicted octanol–water partition coefficient (Wildman–Crippen LogP) is 1.00. The summed E-state index contributed by atoms with van der Waals surface area (Å²) in [5, 5.41) is 7.55. The van der Waals surface area contributed by atoms with Gasteiger partial charge in [0.05, 0.1) is 5.56 Å². The van der Waals surface area contributed by atoms with Crippen molar-refractivity contribution in [2.75, 3.05) is 20.6 Å². The van der Waals surface area contributed by atoms with E-state index in [0.717, 1.165) is 12.1 Å². The second-order valence-electron chi connectivity index (χ2n) is 4.41. The molecule has 1 rings (SSSR count). The third-order valence-electron chi connectivity index (χ3n) is 2.33. The maximum Gasteiger partial charge on any atom is 0.225 e. The van der Waals surface area contributed by atoms with E-state index in [2.05, 4.69) is 4.98 Å². The number of likely N-dealkylation sites (N-methyl/N-ethyl adjacent to an activating group) is 1. The molecular weight excluding hydrogens is 216 g/mol. The summed E-state index contributed by atoms with van der Waals surface area (Å²) in [5.41, 5.74) is 7.03. The van der Waals surface area contributed by atoms with E-state index in [1.165, 1.54) is 0 Å². The average Bonchev–Trinajstić information content (AvgIpc) is 2.15. The van der Waals surface area contributed by atoms with Crippen LogP contribution in [-0.2, 0) is 0 Å². The van der Waals surface area contributed by atoms with Crippen LogP contribution in [0.5, 0.6) is 5.88 Å². The van der Waals surface area contributed by atoms with Crippen molar-refractivity contribution in [3.05, 3.63) is 23.4 Å². The smallest absolute Gasteiger partial charge is 0.225 e. The number of nitrogen functional groups attached to an aromatic ring is 1. The topological polar surface area (TPSA) is 75.2 Å². The number of nitrogens with two attached hydrogens (primary N) is 1. The first-order valence-corrected chi connectivity index (χ1v) is 5.53. The van der Waals surface area contributed by atoms with Crippen LogP contribution in [0, 0.1) is 12.3 Å². The molecule has 94 valence electrons. The van der Waals surface area contributed by atoms with Gasteiger partial charge in [-0.15, -0.1) is 0 Å². The largest absolute Gasteiger partial charge is 0.473 e. The highest BCUT2D eigenvalue weighted by Crippen LogP contribution is 2.19. The van der Waals surface area contributed by atoms with E-state index in [-0.39, 0.29) is 11.9 Å². The Labute approximate surface area is 102 Å². The molecule has 0 spiro atoms. The van der Waals surface area contributed by atoms with Gasteiger partial charge in [0, 0.05) is 12.7 Å². The second kappa shape index (κ2) is 5.63. The minimum absolute atomic E-state index is 0.00241. The molecule has 3 N–H and O–H groups in total. The maximum absolute atomic E-state index is 7.55. The lowest BCUT2D eigenvalue weighted by atomic mass is 10.1. The first-order valence-electron chi connectivity index (χ1n) is 5.53. The zero-order valence-corrected chi connectivity index (χ0v) is 10.8. The fourth-order valence-electron chi connectivity index (χ4n) is 1.69. The molecule has 0 saturated carbocycles. The van der Waals surface area contributed by atoms with Crippen molar-refractivity contribution in [1.29, 1.82) is 5.41 Å². The Morgan fingerprint density at radius 1 is 1.59 bits per heavy atom. The quantitative estimate of drug-likeness (QED) is 0.591. The summed E-state index contributed by atoms with van der Waals surface area (Å²) >= 11 is 0. The summed E-state index contributed by atoms with van der Waals surface area (Å²) in [6.45, 7) is 4.64. The Morgan fingerprint density at radius 3 is 2.76 bits per heavy atom. The van der Waals surface area contributed by atoms with Crippen molar-refractivity contribution < 1.29 is 4.74 Å². The minimum Gasteiger partial charge on any atom is -0.473 e. The second-order valence-corrected chi connectivity index (χ2v) is 4.41. The average molecular weight is 236 g/mol. The SMILES string of the molecule is Cc1ccnc(OC(C)CN(C)C)c1C(=N)N. The maximum atomic E-state index is 7.55. The zero-order chi connectivity index (χ0) is 13.0. The number of nitrogens with zero attached hydrogens (tertiary/aromatic N) is 2. The van der Waals surface area contributed by atoms with Gasteiger partial charge < -0.3 is 15.4 Å². The number of aromatic nitrogens is 1. The van der Waals surface area contributed by atoms with Gasteiger partial charge in [-0.1, -0.05) is 0 Å². The van der Waals surface area contributed by atoms with Gasteiger partial charge in [-0.25, -0.2) is 4.98 Å². The summed E-state index contributed by atoms with van der Waals surface area (Å²) in [5.74, 6) is 0.425. The molecule has 0 bridgehead atoms. The number of nitrogens with one attached hydrogen (secondary N) is 1. The summed E-state index contributed by atoms with van der Waals surface area (Å²) in [4.78, 5) is 6.18. The molecule has 5 heteroatoms. The van der Waals surface area contributed by atoms with Crippen molar-refractivity contribution in [3.8, 4) is 5.88 Å². The van der Waals surface area contributed by atoms with Gasteiger partial charge in [-0.05, 0) is 39.6 Å². The van der Waals surface area contributed by atoms with E-state index in [4.69, 9.17) is 15.9 Å². The van der Waals surface area contributed by atoms with Crippen LogP contribution in [0.2, 0.25) is 0 Å². The minimum atomic E-state index is -0.0114. The number of rotatable bonds is 5. The molecule has 0 aliphatic carbocycles. The van der Waals surface area contributed by atoms with Crippen LogP contribution in [-0.4, -0.2) is 42.5 Å². The molecule has 0 radical (unpaired) electrons. The summed E-state index contributed by atoms with van der Waals surface area (Å²) < 4.78 is 5.72. The predicted molar refractivity (Wildman–Crippen MR) is 68.6 cm³/mol. The molecule has 0 aromatic carbocycles. The molecule has 1 heterocycles. The molecular formula is C12H20N4O. The molecule has 0 aliphatic heterocycles. The molecule has 5 nitrogen and oxygen atoms in total. The third kappa shape index (κ3) is 3.71. The van der Waals surface area contributed by atoms with Gasteiger partial charge in [0.15, 0.2) is 0 Å². The molecule has 0 aliphatic rings. The molecule has 1 atom stereocenters. The normalized spacial score (nSPS) is 12.5. The van der Waals surface area contributed by atoms with Crippen LogP contribution < -0.4 is 10.5 Å². The Balaban J connectivity index is 2.91. The van der Waals surface area contributed by atoms with E-state index < -0.39 is 0 Å². The van der Waals surface area contributed by atoms with Crippen LogP contribution in [0.3, 0.4) is 0 Å². The highest BCUT2D eigenvalue weighted by molar-refractivity contribution is 5.98. The molecule has 1 unspecified atom stereocenters. The monoisotopic (exact) mass is 236 g/mol. The van der Waals surface area contributed by atoms with Crippen LogP contribution in [0.1, 0.15) is 18.1 Å². The Morgan fingerprint density at radius 2 is 2.24 bits per heavy atom.